The van der Waals surface area contributed by atoms with Crippen LogP contribution in [0, 0.1) is 13.8 Å². The second-order valence-corrected chi connectivity index (χ2v) is 7.76. The van der Waals surface area contributed by atoms with Gasteiger partial charge in [0.05, 0.1) is 0 Å². The van der Waals surface area contributed by atoms with Crippen LogP contribution in [0.25, 0.3) is 5.65 Å². The van der Waals surface area contributed by atoms with Crippen LogP contribution >= 0.6 is 11.8 Å². The van der Waals surface area contributed by atoms with E-state index in [9.17, 15) is 9.59 Å². The molecule has 0 saturated carbocycles. The summed E-state index contributed by atoms with van der Waals surface area (Å²) in [6.07, 6.45) is 3.11. The van der Waals surface area contributed by atoms with Crippen LogP contribution < -0.4 is 11.0 Å². The summed E-state index contributed by atoms with van der Waals surface area (Å²) in [4.78, 5) is 30.4. The van der Waals surface area contributed by atoms with Crippen LogP contribution in [0.3, 0.4) is 0 Å². The van der Waals surface area contributed by atoms with Gasteiger partial charge in [-0.05, 0) is 43.7 Å². The number of hydrogen-bond donors (Lipinski definition) is 1. The van der Waals surface area contributed by atoms with Gasteiger partial charge >= 0.3 is 5.69 Å². The zero-order chi connectivity index (χ0) is 20.4. The maximum atomic E-state index is 12.7. The predicted octanol–water partition coefficient (Wildman–Crippen LogP) is 3.30. The first-order valence-corrected chi connectivity index (χ1v) is 9.86. The van der Waals surface area contributed by atoms with Crippen LogP contribution in [-0.4, -0.2) is 25.1 Å². The first-order valence-electron chi connectivity index (χ1n) is 9.05. The third kappa shape index (κ3) is 4.22. The normalized spacial score (nSPS) is 11.0. The van der Waals surface area contributed by atoms with E-state index in [2.05, 4.69) is 15.4 Å². The molecular formula is C21H19N5O2S. The Morgan fingerprint density at radius 2 is 1.90 bits per heavy atom. The molecule has 0 saturated heterocycles. The average Bonchev–Trinajstić information content (AvgIpc) is 3.00. The monoisotopic (exact) mass is 405 g/mol. The quantitative estimate of drug-likeness (QED) is 0.551. The fourth-order valence-corrected chi connectivity index (χ4v) is 3.72. The van der Waals surface area contributed by atoms with Crippen molar-refractivity contribution in [1.29, 1.82) is 0 Å². The van der Waals surface area contributed by atoms with E-state index < -0.39 is 0 Å². The fourth-order valence-electron chi connectivity index (χ4n) is 2.88. The largest absolute Gasteiger partial charge is 0.350 e. The lowest BCUT2D eigenvalue weighted by Gasteiger charge is -2.05. The van der Waals surface area contributed by atoms with Crippen molar-refractivity contribution in [2.75, 3.05) is 5.32 Å². The highest BCUT2D eigenvalue weighted by molar-refractivity contribution is 7.99. The predicted molar refractivity (Wildman–Crippen MR) is 112 cm³/mol. The zero-order valence-corrected chi connectivity index (χ0v) is 16.8. The molecule has 4 aromatic rings. The number of nitrogens with zero attached hydrogens (tertiary/aromatic N) is 4. The molecule has 1 N–H and O–H groups in total. The Labute approximate surface area is 171 Å². The highest BCUT2D eigenvalue weighted by atomic mass is 32.2. The second-order valence-electron chi connectivity index (χ2n) is 6.70. The number of amides is 1. The van der Waals surface area contributed by atoms with Gasteiger partial charge in [0.15, 0.2) is 5.65 Å². The van der Waals surface area contributed by atoms with Crippen LogP contribution in [0.5, 0.6) is 0 Å². The summed E-state index contributed by atoms with van der Waals surface area (Å²) < 4.78 is 2.56. The SMILES string of the molecule is Cc1ccc(Sc2nccn3c(=O)n(CC(=O)Nc4cccc(C)c4)nc23)cc1. The molecule has 0 unspecified atom stereocenters. The molecule has 0 atom stereocenters. The van der Waals surface area contributed by atoms with E-state index in [1.54, 1.807) is 18.5 Å². The summed E-state index contributed by atoms with van der Waals surface area (Å²) >= 11 is 1.42. The van der Waals surface area contributed by atoms with Crippen LogP contribution in [0.4, 0.5) is 5.69 Å². The first-order chi connectivity index (χ1) is 14.0. The molecule has 2 aromatic heterocycles. The van der Waals surface area contributed by atoms with E-state index in [0.717, 1.165) is 15.1 Å². The van der Waals surface area contributed by atoms with Crippen molar-refractivity contribution in [2.24, 2.45) is 0 Å². The summed E-state index contributed by atoms with van der Waals surface area (Å²) in [6, 6.07) is 15.5. The number of aromatic nitrogens is 4. The van der Waals surface area contributed by atoms with Gasteiger partial charge in [0.1, 0.15) is 11.6 Å². The fraction of sp³-hybridized carbons (Fsp3) is 0.143. The molecule has 0 radical (unpaired) electrons. The third-order valence-corrected chi connectivity index (χ3v) is 5.29. The lowest BCUT2D eigenvalue weighted by Crippen LogP contribution is -2.28. The van der Waals surface area contributed by atoms with Gasteiger partial charge in [-0.25, -0.2) is 18.9 Å². The van der Waals surface area contributed by atoms with Crippen molar-refractivity contribution in [3.05, 3.63) is 82.5 Å². The van der Waals surface area contributed by atoms with Crippen molar-refractivity contribution in [1.82, 2.24) is 19.2 Å². The van der Waals surface area contributed by atoms with Gasteiger partial charge in [-0.3, -0.25) is 4.79 Å². The van der Waals surface area contributed by atoms with Crippen LogP contribution in [0.15, 0.2) is 75.6 Å². The highest BCUT2D eigenvalue weighted by Crippen LogP contribution is 2.28. The number of anilines is 1. The van der Waals surface area contributed by atoms with Gasteiger partial charge in [-0.2, -0.15) is 0 Å². The van der Waals surface area contributed by atoms with Gasteiger partial charge in [-0.1, -0.05) is 41.6 Å². The van der Waals surface area contributed by atoms with Crippen molar-refractivity contribution in [3.8, 4) is 0 Å². The van der Waals surface area contributed by atoms with E-state index in [0.29, 0.717) is 16.4 Å². The first kappa shape index (κ1) is 18.9. The Morgan fingerprint density at radius 1 is 1.10 bits per heavy atom. The molecule has 0 spiro atoms. The zero-order valence-electron chi connectivity index (χ0n) is 16.0. The molecule has 0 aliphatic heterocycles. The van der Waals surface area contributed by atoms with E-state index in [1.807, 2.05) is 56.3 Å². The number of rotatable bonds is 5. The molecule has 0 bridgehead atoms. The number of hydrogen-bond acceptors (Lipinski definition) is 5. The summed E-state index contributed by atoms with van der Waals surface area (Å²) in [6.45, 7) is 3.79. The number of aryl methyl sites for hydroxylation is 2. The van der Waals surface area contributed by atoms with E-state index >= 15 is 0 Å². The number of carbonyl (C=O) groups is 1. The maximum Gasteiger partial charge on any atom is 0.350 e. The Hall–Kier alpha value is -3.39. The highest BCUT2D eigenvalue weighted by Gasteiger charge is 2.15. The number of nitrogens with one attached hydrogen (secondary N) is 1. The Kier molecular flexibility index (Phi) is 5.18. The Bertz CT molecular complexity index is 1240. The molecule has 4 rings (SSSR count). The molecule has 7 nitrogen and oxygen atoms in total. The van der Waals surface area contributed by atoms with Crippen molar-refractivity contribution in [2.45, 2.75) is 30.3 Å². The molecule has 146 valence electrons. The summed E-state index contributed by atoms with van der Waals surface area (Å²) in [5.74, 6) is -0.318. The minimum atomic E-state index is -0.382. The maximum absolute atomic E-state index is 12.7. The van der Waals surface area contributed by atoms with Crippen LogP contribution in [0.2, 0.25) is 0 Å². The standard InChI is InChI=1S/C21H19N5O2S/c1-14-6-8-17(9-7-14)29-20-19-24-26(21(28)25(19)11-10-22-20)13-18(27)23-16-5-3-4-15(2)12-16/h3-12H,13H2,1-2H3,(H,23,27). The number of benzene rings is 2. The third-order valence-electron chi connectivity index (χ3n) is 4.30. The number of fused-ring (bicyclic) bond motifs is 1. The molecule has 29 heavy (non-hydrogen) atoms. The topological polar surface area (TPSA) is 81.3 Å². The van der Waals surface area contributed by atoms with E-state index in [1.165, 1.54) is 21.7 Å². The molecule has 1 amide bonds. The molecule has 2 aromatic carbocycles. The molecule has 0 aliphatic carbocycles. The number of carbonyl (C=O) groups excluding carboxylic acids is 1. The molecule has 2 heterocycles. The average molecular weight is 405 g/mol. The second kappa shape index (κ2) is 7.92. The minimum Gasteiger partial charge on any atom is -0.324 e. The van der Waals surface area contributed by atoms with E-state index in [4.69, 9.17) is 0 Å². The summed E-state index contributed by atoms with van der Waals surface area (Å²) in [7, 11) is 0. The van der Waals surface area contributed by atoms with Gasteiger partial charge in [0, 0.05) is 23.0 Å². The van der Waals surface area contributed by atoms with Gasteiger partial charge in [-0.15, -0.1) is 5.10 Å². The van der Waals surface area contributed by atoms with Gasteiger partial charge < -0.3 is 5.32 Å². The minimum absolute atomic E-state index is 0.177. The smallest absolute Gasteiger partial charge is 0.324 e. The van der Waals surface area contributed by atoms with E-state index in [-0.39, 0.29) is 18.1 Å². The lowest BCUT2D eigenvalue weighted by molar-refractivity contribution is -0.117. The van der Waals surface area contributed by atoms with Crippen LogP contribution in [-0.2, 0) is 11.3 Å². The molecule has 0 aliphatic rings. The molecule has 8 heteroatoms. The van der Waals surface area contributed by atoms with Crippen molar-refractivity contribution < 1.29 is 4.79 Å². The van der Waals surface area contributed by atoms with Crippen molar-refractivity contribution >= 4 is 29.0 Å². The van der Waals surface area contributed by atoms with Gasteiger partial charge in [0.2, 0.25) is 5.91 Å². The van der Waals surface area contributed by atoms with Crippen molar-refractivity contribution in [3.63, 3.8) is 0 Å². The summed E-state index contributed by atoms with van der Waals surface area (Å²) in [5, 5.41) is 7.74. The lowest BCUT2D eigenvalue weighted by atomic mass is 10.2. The van der Waals surface area contributed by atoms with Crippen LogP contribution in [0.1, 0.15) is 11.1 Å². The van der Waals surface area contributed by atoms with Gasteiger partial charge in [0.25, 0.3) is 0 Å². The Balaban J connectivity index is 1.59. The molecular weight excluding hydrogens is 386 g/mol. The summed E-state index contributed by atoms with van der Waals surface area (Å²) in [5.41, 5.74) is 2.93. The Morgan fingerprint density at radius 3 is 2.66 bits per heavy atom. The molecule has 0 fully saturated rings.